The molecule has 0 aromatic carbocycles. The lowest BCUT2D eigenvalue weighted by molar-refractivity contribution is 0.0724. The Hall–Kier alpha value is -2.94. The van der Waals surface area contributed by atoms with E-state index in [-0.39, 0.29) is 17.5 Å². The number of carbonyl (C=O) groups is 1. The summed E-state index contributed by atoms with van der Waals surface area (Å²) in [4.78, 5) is 31.6. The topological polar surface area (TPSA) is 93.9 Å². The van der Waals surface area contributed by atoms with Crippen LogP contribution >= 0.6 is 11.5 Å². The van der Waals surface area contributed by atoms with E-state index in [9.17, 15) is 9.59 Å². The molecule has 4 rings (SSSR count). The molecule has 9 heteroatoms. The van der Waals surface area contributed by atoms with Crippen LogP contribution in [0, 0.1) is 6.92 Å². The molecule has 8 nitrogen and oxygen atoms in total. The number of amides is 1. The standard InChI is InChI=1S/C18H18N6O2S/c1-12-17(27-22-20-12)18(26)23-9-3-5-14(23)11-24-16(25)7-6-15(21-24)13-4-2-8-19-10-13/h2,4,6-8,10,14H,3,5,9,11H2,1H3. The summed E-state index contributed by atoms with van der Waals surface area (Å²) in [5.74, 6) is -0.0681. The third-order valence-electron chi connectivity index (χ3n) is 4.69. The van der Waals surface area contributed by atoms with Crippen molar-refractivity contribution in [3.63, 3.8) is 0 Å². The van der Waals surface area contributed by atoms with E-state index < -0.39 is 0 Å². The molecular weight excluding hydrogens is 364 g/mol. The van der Waals surface area contributed by atoms with Crippen LogP contribution in [0.25, 0.3) is 11.3 Å². The van der Waals surface area contributed by atoms with E-state index in [1.807, 2.05) is 17.0 Å². The molecule has 0 bridgehead atoms. The van der Waals surface area contributed by atoms with E-state index in [1.54, 1.807) is 25.4 Å². The van der Waals surface area contributed by atoms with Gasteiger partial charge < -0.3 is 4.90 Å². The molecule has 1 atom stereocenters. The summed E-state index contributed by atoms with van der Waals surface area (Å²) in [5.41, 5.74) is 1.99. The number of carbonyl (C=O) groups excluding carboxylic acids is 1. The first-order chi connectivity index (χ1) is 13.1. The fourth-order valence-corrected chi connectivity index (χ4v) is 3.91. The van der Waals surface area contributed by atoms with Crippen molar-refractivity contribution in [3.05, 3.63) is 57.6 Å². The second kappa shape index (κ2) is 7.36. The van der Waals surface area contributed by atoms with Gasteiger partial charge in [-0.1, -0.05) is 4.49 Å². The molecule has 1 fully saturated rings. The average molecular weight is 382 g/mol. The number of pyridine rings is 1. The predicted molar refractivity (Wildman–Crippen MR) is 100 cm³/mol. The number of hydrogen-bond donors (Lipinski definition) is 0. The molecule has 1 amide bonds. The maximum Gasteiger partial charge on any atom is 0.267 e. The van der Waals surface area contributed by atoms with Crippen LogP contribution < -0.4 is 5.56 Å². The molecule has 1 aliphatic heterocycles. The second-order valence-corrected chi connectivity index (χ2v) is 7.22. The van der Waals surface area contributed by atoms with Crippen molar-refractivity contribution < 1.29 is 4.79 Å². The highest BCUT2D eigenvalue weighted by atomic mass is 32.1. The van der Waals surface area contributed by atoms with Crippen LogP contribution in [0.3, 0.4) is 0 Å². The number of hydrogen-bond acceptors (Lipinski definition) is 7. The van der Waals surface area contributed by atoms with E-state index in [4.69, 9.17) is 0 Å². The molecule has 0 saturated carbocycles. The zero-order valence-corrected chi connectivity index (χ0v) is 15.6. The summed E-state index contributed by atoms with van der Waals surface area (Å²) in [5, 5.41) is 8.41. The van der Waals surface area contributed by atoms with Gasteiger partial charge in [0.2, 0.25) is 0 Å². The maximum atomic E-state index is 12.8. The van der Waals surface area contributed by atoms with Crippen LogP contribution in [0.15, 0.2) is 41.5 Å². The summed E-state index contributed by atoms with van der Waals surface area (Å²) in [6.45, 7) is 2.81. The van der Waals surface area contributed by atoms with Crippen molar-refractivity contribution in [2.75, 3.05) is 6.54 Å². The minimum absolute atomic E-state index is 0.0681. The van der Waals surface area contributed by atoms with Crippen LogP contribution in [-0.2, 0) is 6.54 Å². The summed E-state index contributed by atoms with van der Waals surface area (Å²) in [6, 6.07) is 6.85. The monoisotopic (exact) mass is 382 g/mol. The molecular formula is C18H18N6O2S. The Bertz CT molecular complexity index is 1020. The third-order valence-corrected chi connectivity index (χ3v) is 5.51. The maximum absolute atomic E-state index is 12.8. The number of aromatic nitrogens is 5. The zero-order chi connectivity index (χ0) is 18.8. The molecule has 0 aliphatic carbocycles. The molecule has 138 valence electrons. The van der Waals surface area contributed by atoms with Crippen molar-refractivity contribution in [2.24, 2.45) is 0 Å². The highest BCUT2D eigenvalue weighted by Gasteiger charge is 2.32. The molecule has 1 unspecified atom stereocenters. The quantitative estimate of drug-likeness (QED) is 0.683. The van der Waals surface area contributed by atoms with Crippen LogP contribution in [-0.4, -0.2) is 47.7 Å². The Morgan fingerprint density at radius 3 is 2.96 bits per heavy atom. The molecule has 3 aromatic heterocycles. The summed E-state index contributed by atoms with van der Waals surface area (Å²) in [7, 11) is 0. The number of nitrogens with zero attached hydrogens (tertiary/aromatic N) is 6. The average Bonchev–Trinajstić information content (AvgIpc) is 3.32. The lowest BCUT2D eigenvalue weighted by Crippen LogP contribution is -2.40. The zero-order valence-electron chi connectivity index (χ0n) is 14.8. The molecule has 1 aliphatic rings. The molecule has 0 N–H and O–H groups in total. The first-order valence-electron chi connectivity index (χ1n) is 8.72. The molecule has 27 heavy (non-hydrogen) atoms. The predicted octanol–water partition coefficient (Wildman–Crippen LogP) is 1.77. The van der Waals surface area contributed by atoms with E-state index in [0.29, 0.717) is 29.4 Å². The summed E-state index contributed by atoms with van der Waals surface area (Å²) in [6.07, 6.45) is 5.14. The minimum Gasteiger partial charge on any atom is -0.333 e. The van der Waals surface area contributed by atoms with Crippen molar-refractivity contribution >= 4 is 17.4 Å². The highest BCUT2D eigenvalue weighted by Crippen LogP contribution is 2.23. The SMILES string of the molecule is Cc1nnsc1C(=O)N1CCCC1Cn1nc(-c2cccnc2)ccc1=O. The minimum atomic E-state index is -0.183. The van der Waals surface area contributed by atoms with Gasteiger partial charge in [-0.2, -0.15) is 5.10 Å². The van der Waals surface area contributed by atoms with E-state index >= 15 is 0 Å². The van der Waals surface area contributed by atoms with E-state index in [1.165, 1.54) is 10.7 Å². The van der Waals surface area contributed by atoms with Gasteiger partial charge in [-0.25, -0.2) is 4.68 Å². The van der Waals surface area contributed by atoms with Gasteiger partial charge in [0.05, 0.1) is 24.0 Å². The molecule has 0 spiro atoms. The van der Waals surface area contributed by atoms with Gasteiger partial charge >= 0.3 is 0 Å². The Balaban J connectivity index is 1.59. The van der Waals surface area contributed by atoms with Gasteiger partial charge in [0.1, 0.15) is 4.88 Å². The molecule has 0 radical (unpaired) electrons. The van der Waals surface area contributed by atoms with Gasteiger partial charge in [-0.3, -0.25) is 14.6 Å². The smallest absolute Gasteiger partial charge is 0.267 e. The van der Waals surface area contributed by atoms with Crippen molar-refractivity contribution in [2.45, 2.75) is 32.4 Å². The molecule has 4 heterocycles. The Kier molecular flexibility index (Phi) is 4.76. The van der Waals surface area contributed by atoms with Crippen LogP contribution in [0.5, 0.6) is 0 Å². The molecule has 3 aromatic rings. The first-order valence-corrected chi connectivity index (χ1v) is 9.49. The summed E-state index contributed by atoms with van der Waals surface area (Å²) < 4.78 is 5.29. The van der Waals surface area contributed by atoms with Gasteiger partial charge in [0.15, 0.2) is 0 Å². The number of likely N-dealkylation sites (tertiary alicyclic amines) is 1. The second-order valence-electron chi connectivity index (χ2n) is 6.46. The van der Waals surface area contributed by atoms with Crippen LogP contribution in [0.4, 0.5) is 0 Å². The van der Waals surface area contributed by atoms with Crippen molar-refractivity contribution in [1.82, 2.24) is 29.3 Å². The lowest BCUT2D eigenvalue weighted by Gasteiger charge is -2.24. The Morgan fingerprint density at radius 1 is 1.33 bits per heavy atom. The van der Waals surface area contributed by atoms with Crippen molar-refractivity contribution in [1.29, 1.82) is 0 Å². The normalized spacial score (nSPS) is 16.6. The van der Waals surface area contributed by atoms with E-state index in [0.717, 1.165) is 29.9 Å². The van der Waals surface area contributed by atoms with E-state index in [2.05, 4.69) is 19.7 Å². The van der Waals surface area contributed by atoms with Gasteiger partial charge in [-0.15, -0.1) is 5.10 Å². The lowest BCUT2D eigenvalue weighted by atomic mass is 10.2. The molecule has 1 saturated heterocycles. The largest absolute Gasteiger partial charge is 0.333 e. The summed E-state index contributed by atoms with van der Waals surface area (Å²) >= 11 is 1.11. The van der Waals surface area contributed by atoms with Crippen molar-refractivity contribution in [3.8, 4) is 11.3 Å². The fourth-order valence-electron chi connectivity index (χ4n) is 3.30. The number of rotatable bonds is 4. The van der Waals surface area contributed by atoms with Gasteiger partial charge in [0.25, 0.3) is 11.5 Å². The number of aryl methyl sites for hydroxylation is 1. The third kappa shape index (κ3) is 3.50. The Labute approximate surface area is 159 Å². The first kappa shape index (κ1) is 17.5. The van der Waals surface area contributed by atoms with Gasteiger partial charge in [-0.05, 0) is 49.5 Å². The Morgan fingerprint density at radius 2 is 2.22 bits per heavy atom. The fraction of sp³-hybridized carbons (Fsp3) is 0.333. The highest BCUT2D eigenvalue weighted by molar-refractivity contribution is 7.07. The van der Waals surface area contributed by atoms with Crippen LogP contribution in [0.1, 0.15) is 28.2 Å². The van der Waals surface area contributed by atoms with Gasteiger partial charge in [0, 0.05) is 30.6 Å². The van der Waals surface area contributed by atoms with Crippen LogP contribution in [0.2, 0.25) is 0 Å².